The molecule has 3 amide bonds. The molecule has 2 heterocycles. The topological polar surface area (TPSA) is 114 Å². The van der Waals surface area contributed by atoms with Crippen molar-refractivity contribution in [1.82, 2.24) is 15.5 Å². The van der Waals surface area contributed by atoms with Crippen LogP contribution < -0.4 is 16.4 Å². The van der Waals surface area contributed by atoms with Gasteiger partial charge in [0, 0.05) is 36.1 Å². The first-order chi connectivity index (χ1) is 19.0. The normalized spacial score (nSPS) is 18.5. The van der Waals surface area contributed by atoms with Crippen molar-refractivity contribution in [2.75, 3.05) is 18.8 Å². The fourth-order valence-corrected chi connectivity index (χ4v) is 6.50. The third-order valence-corrected chi connectivity index (χ3v) is 8.85. The highest BCUT2D eigenvalue weighted by Gasteiger charge is 2.44. The molecule has 9 heteroatoms. The summed E-state index contributed by atoms with van der Waals surface area (Å²) < 4.78 is 5.46. The number of thiophene rings is 1. The zero-order valence-electron chi connectivity index (χ0n) is 24.0. The molecule has 0 bridgehead atoms. The van der Waals surface area contributed by atoms with Crippen molar-refractivity contribution in [2.24, 2.45) is 5.41 Å². The number of hydrogen-bond acceptors (Lipinski definition) is 6. The Labute approximate surface area is 242 Å². The van der Waals surface area contributed by atoms with Gasteiger partial charge in [-0.15, -0.1) is 11.3 Å². The number of hydrogen-bond donors (Lipinski definition) is 3. The Bertz CT molecular complexity index is 1130. The number of anilines is 1. The number of nitrogens with zero attached hydrogens (tertiary/aromatic N) is 1. The van der Waals surface area contributed by atoms with E-state index in [0.29, 0.717) is 44.5 Å². The van der Waals surface area contributed by atoms with Crippen LogP contribution in [0.1, 0.15) is 76.2 Å². The van der Waals surface area contributed by atoms with E-state index in [1.165, 1.54) is 6.42 Å². The summed E-state index contributed by atoms with van der Waals surface area (Å²) in [4.78, 5) is 43.1. The zero-order chi connectivity index (χ0) is 28.8. The van der Waals surface area contributed by atoms with Crippen LogP contribution in [-0.2, 0) is 27.2 Å². The summed E-state index contributed by atoms with van der Waals surface area (Å²) in [5.74, 6) is -0.0571. The van der Waals surface area contributed by atoms with Crippen LogP contribution in [-0.4, -0.2) is 53.6 Å². The number of nitrogens with two attached hydrogens (primary N) is 1. The van der Waals surface area contributed by atoms with Gasteiger partial charge in [-0.05, 0) is 82.0 Å². The summed E-state index contributed by atoms with van der Waals surface area (Å²) in [7, 11) is 0. The first-order valence-corrected chi connectivity index (χ1v) is 15.4. The Kier molecular flexibility index (Phi) is 9.77. The van der Waals surface area contributed by atoms with Crippen LogP contribution in [0.2, 0.25) is 0 Å². The highest BCUT2D eigenvalue weighted by molar-refractivity contribution is 7.09. The van der Waals surface area contributed by atoms with Gasteiger partial charge in [0.2, 0.25) is 11.8 Å². The fraction of sp³-hybridized carbons (Fsp3) is 0.581. The lowest BCUT2D eigenvalue weighted by molar-refractivity contribution is -0.142. The summed E-state index contributed by atoms with van der Waals surface area (Å²) in [6, 6.07) is 11.1. The number of benzene rings is 1. The number of carbonyl (C=O) groups excluding carboxylic acids is 3. The van der Waals surface area contributed by atoms with Crippen molar-refractivity contribution in [3.05, 3.63) is 52.2 Å². The quantitative estimate of drug-likeness (QED) is 0.385. The highest BCUT2D eigenvalue weighted by Crippen LogP contribution is 2.37. The number of piperidine rings is 1. The second kappa shape index (κ2) is 13.1. The van der Waals surface area contributed by atoms with Gasteiger partial charge in [-0.25, -0.2) is 4.79 Å². The lowest BCUT2D eigenvalue weighted by Gasteiger charge is -2.42. The molecule has 0 radical (unpaired) electrons. The molecule has 2 fully saturated rings. The monoisotopic (exact) mass is 568 g/mol. The van der Waals surface area contributed by atoms with Crippen LogP contribution in [0.15, 0.2) is 41.8 Å². The molecule has 1 aliphatic heterocycles. The van der Waals surface area contributed by atoms with Crippen LogP contribution in [0.25, 0.3) is 0 Å². The standard InChI is InChI=1S/C31H44N4O4S/c1-30(2,3)39-29(38)34-26(20-25-10-7-19-40-25)27(36)35-17-15-31(16-18-35,21-22-11-13-23(32)14-12-22)28(37)33-24-8-5-4-6-9-24/h7,10-14,19,24,26H,4-6,8-9,15-18,20-21,32H2,1-3H3,(H,33,37)(H,34,38)/t26-/m0/s1. The SMILES string of the molecule is CC(C)(C)OC(=O)N[C@@H](Cc1cccs1)C(=O)N1CCC(Cc2ccc(N)cc2)(C(=O)NC2CCCCC2)CC1. The summed E-state index contributed by atoms with van der Waals surface area (Å²) in [5, 5.41) is 8.14. The predicted molar refractivity (Wildman–Crippen MR) is 159 cm³/mol. The van der Waals surface area contributed by atoms with Gasteiger partial charge >= 0.3 is 6.09 Å². The maximum Gasteiger partial charge on any atom is 0.408 e. The zero-order valence-corrected chi connectivity index (χ0v) is 24.9. The molecular weight excluding hydrogens is 524 g/mol. The van der Waals surface area contributed by atoms with E-state index in [-0.39, 0.29) is 17.9 Å². The molecule has 4 N–H and O–H groups in total. The molecular formula is C31H44N4O4S. The number of rotatable bonds is 8. The van der Waals surface area contributed by atoms with E-state index < -0.39 is 23.2 Å². The summed E-state index contributed by atoms with van der Waals surface area (Å²) in [6.07, 6.45) is 7.06. The molecule has 0 spiro atoms. The smallest absolute Gasteiger partial charge is 0.408 e. The van der Waals surface area contributed by atoms with Gasteiger partial charge in [-0.2, -0.15) is 0 Å². The van der Waals surface area contributed by atoms with Crippen molar-refractivity contribution < 1.29 is 19.1 Å². The number of ether oxygens (including phenoxy) is 1. The van der Waals surface area contributed by atoms with Gasteiger partial charge in [0.05, 0.1) is 5.41 Å². The van der Waals surface area contributed by atoms with E-state index >= 15 is 0 Å². The molecule has 8 nitrogen and oxygen atoms in total. The summed E-state index contributed by atoms with van der Waals surface area (Å²) in [6.45, 7) is 6.29. The second-order valence-electron chi connectivity index (χ2n) is 12.3. The van der Waals surface area contributed by atoms with Crippen LogP contribution in [0.3, 0.4) is 0 Å². The summed E-state index contributed by atoms with van der Waals surface area (Å²) >= 11 is 1.55. The molecule has 1 saturated carbocycles. The van der Waals surface area contributed by atoms with E-state index in [1.54, 1.807) is 37.0 Å². The van der Waals surface area contributed by atoms with E-state index in [1.807, 2.05) is 41.8 Å². The number of amides is 3. The Hall–Kier alpha value is -3.07. The molecule has 1 saturated heterocycles. The van der Waals surface area contributed by atoms with Gasteiger partial charge in [-0.1, -0.05) is 37.5 Å². The minimum absolute atomic E-state index is 0.0883. The van der Waals surface area contributed by atoms with Crippen molar-refractivity contribution in [3.63, 3.8) is 0 Å². The van der Waals surface area contributed by atoms with E-state index in [4.69, 9.17) is 10.5 Å². The second-order valence-corrected chi connectivity index (χ2v) is 13.3. The van der Waals surface area contributed by atoms with Crippen molar-refractivity contribution in [3.8, 4) is 0 Å². The molecule has 2 aromatic rings. The van der Waals surface area contributed by atoms with Gasteiger partial charge in [0.25, 0.3) is 0 Å². The first kappa shape index (κ1) is 29.9. The van der Waals surface area contributed by atoms with Crippen LogP contribution in [0.4, 0.5) is 10.5 Å². The maximum absolute atomic E-state index is 13.8. The number of nitrogens with one attached hydrogen (secondary N) is 2. The largest absolute Gasteiger partial charge is 0.444 e. The van der Waals surface area contributed by atoms with Gasteiger partial charge in [0.15, 0.2) is 0 Å². The van der Waals surface area contributed by atoms with E-state index in [9.17, 15) is 14.4 Å². The molecule has 218 valence electrons. The lowest BCUT2D eigenvalue weighted by Crippen LogP contribution is -2.56. The maximum atomic E-state index is 13.8. The molecule has 1 atom stereocenters. The van der Waals surface area contributed by atoms with Crippen LogP contribution in [0.5, 0.6) is 0 Å². The Balaban J connectivity index is 1.48. The molecule has 0 unspecified atom stereocenters. The Morgan fingerprint density at radius 1 is 1.07 bits per heavy atom. The average molecular weight is 569 g/mol. The molecule has 1 aromatic heterocycles. The first-order valence-electron chi connectivity index (χ1n) is 14.5. The number of alkyl carbamates (subject to hydrolysis) is 1. The Morgan fingerprint density at radius 2 is 1.75 bits per heavy atom. The molecule has 1 aromatic carbocycles. The Morgan fingerprint density at radius 3 is 2.35 bits per heavy atom. The van der Waals surface area contributed by atoms with Gasteiger partial charge in [0.1, 0.15) is 11.6 Å². The summed E-state index contributed by atoms with van der Waals surface area (Å²) in [5.41, 5.74) is 6.40. The minimum Gasteiger partial charge on any atom is -0.444 e. The number of nitrogen functional groups attached to an aromatic ring is 1. The highest BCUT2D eigenvalue weighted by atomic mass is 32.1. The van der Waals surface area contributed by atoms with Crippen LogP contribution >= 0.6 is 11.3 Å². The predicted octanol–water partition coefficient (Wildman–Crippen LogP) is 5.07. The molecule has 1 aliphatic carbocycles. The van der Waals surface area contributed by atoms with E-state index in [0.717, 1.165) is 36.1 Å². The van der Waals surface area contributed by atoms with Gasteiger partial charge < -0.3 is 26.0 Å². The van der Waals surface area contributed by atoms with Crippen molar-refractivity contribution in [2.45, 2.75) is 96.2 Å². The van der Waals surface area contributed by atoms with Crippen molar-refractivity contribution >= 4 is 34.9 Å². The lowest BCUT2D eigenvalue weighted by atomic mass is 9.72. The molecule has 4 rings (SSSR count). The van der Waals surface area contributed by atoms with Crippen LogP contribution in [0, 0.1) is 5.41 Å². The fourth-order valence-electron chi connectivity index (χ4n) is 5.75. The van der Waals surface area contributed by atoms with Crippen molar-refractivity contribution in [1.29, 1.82) is 0 Å². The van der Waals surface area contributed by atoms with E-state index in [2.05, 4.69) is 10.6 Å². The minimum atomic E-state index is -0.742. The third kappa shape index (κ3) is 8.22. The average Bonchev–Trinajstić information content (AvgIpc) is 3.42. The third-order valence-electron chi connectivity index (χ3n) is 7.95. The number of likely N-dealkylation sites (tertiary alicyclic amines) is 1. The number of carbonyl (C=O) groups is 3. The molecule has 40 heavy (non-hydrogen) atoms. The molecule has 2 aliphatic rings. The van der Waals surface area contributed by atoms with Gasteiger partial charge in [-0.3, -0.25) is 9.59 Å².